The van der Waals surface area contributed by atoms with E-state index in [0.717, 1.165) is 12.8 Å². The number of benzene rings is 1. The van der Waals surface area contributed by atoms with Gasteiger partial charge in [0.15, 0.2) is 0 Å². The largest absolute Gasteiger partial charge is 0.278 e. The molecule has 0 heterocycles. The molecule has 0 aliphatic carbocycles. The third-order valence-electron chi connectivity index (χ3n) is 2.03. The molecule has 0 aliphatic heterocycles. The highest BCUT2D eigenvalue weighted by Gasteiger charge is 2.04. The van der Waals surface area contributed by atoms with Crippen LogP contribution in [0.25, 0.3) is 5.57 Å². The van der Waals surface area contributed by atoms with Crippen LogP contribution >= 0.6 is 0 Å². The molecule has 0 aliphatic rings. The van der Waals surface area contributed by atoms with Crippen molar-refractivity contribution in [1.29, 1.82) is 0 Å². The fraction of sp³-hybridized carbons (Fsp3) is 0.231. The van der Waals surface area contributed by atoms with Crippen molar-refractivity contribution < 1.29 is 8.78 Å². The van der Waals surface area contributed by atoms with E-state index in [1.165, 1.54) is 6.08 Å². The normalized spacial score (nSPS) is 10.6. The minimum absolute atomic E-state index is 0.0176. The molecule has 0 fully saturated rings. The van der Waals surface area contributed by atoms with Gasteiger partial charge < -0.3 is 0 Å². The zero-order valence-electron chi connectivity index (χ0n) is 8.71. The molecular weight excluding hydrogens is 194 g/mol. The van der Waals surface area contributed by atoms with Gasteiger partial charge in [0.1, 0.15) is 0 Å². The topological polar surface area (TPSA) is 0 Å². The van der Waals surface area contributed by atoms with Gasteiger partial charge in [-0.15, -0.1) is 0 Å². The molecule has 15 heavy (non-hydrogen) atoms. The molecule has 80 valence electrons. The minimum Gasteiger partial charge on any atom is -0.173 e. The smallest absolute Gasteiger partial charge is 0.173 e. The van der Waals surface area contributed by atoms with Gasteiger partial charge in [0.2, 0.25) is 0 Å². The SMILES string of the molecule is CCC/C=C/C(=C(F)F)c1ccccc1. The Morgan fingerprint density at radius 3 is 2.40 bits per heavy atom. The van der Waals surface area contributed by atoms with Gasteiger partial charge in [-0.2, -0.15) is 8.78 Å². The summed E-state index contributed by atoms with van der Waals surface area (Å²) in [4.78, 5) is 0. The van der Waals surface area contributed by atoms with Crippen molar-refractivity contribution in [3.63, 3.8) is 0 Å². The second-order valence-electron chi connectivity index (χ2n) is 3.23. The second-order valence-corrected chi connectivity index (χ2v) is 3.23. The molecule has 0 aromatic heterocycles. The second kappa shape index (κ2) is 6.12. The maximum absolute atomic E-state index is 12.6. The third-order valence-corrected chi connectivity index (χ3v) is 2.03. The van der Waals surface area contributed by atoms with E-state index in [9.17, 15) is 8.78 Å². The van der Waals surface area contributed by atoms with E-state index < -0.39 is 6.08 Å². The maximum Gasteiger partial charge on any atom is 0.278 e. The molecule has 0 saturated carbocycles. The Morgan fingerprint density at radius 1 is 1.20 bits per heavy atom. The highest BCUT2D eigenvalue weighted by atomic mass is 19.3. The molecule has 1 aromatic carbocycles. The van der Waals surface area contributed by atoms with Crippen LogP contribution in [0.15, 0.2) is 48.6 Å². The minimum atomic E-state index is -1.63. The molecule has 0 radical (unpaired) electrons. The Kier molecular flexibility index (Phi) is 4.75. The molecule has 0 saturated heterocycles. The average Bonchev–Trinajstić information content (AvgIpc) is 2.25. The number of rotatable bonds is 4. The molecule has 1 aromatic rings. The van der Waals surface area contributed by atoms with Gasteiger partial charge in [-0.3, -0.25) is 0 Å². The van der Waals surface area contributed by atoms with Gasteiger partial charge in [0.25, 0.3) is 6.08 Å². The Hall–Kier alpha value is -1.44. The number of hydrogen-bond acceptors (Lipinski definition) is 0. The van der Waals surface area contributed by atoms with E-state index in [1.54, 1.807) is 30.3 Å². The van der Waals surface area contributed by atoms with Gasteiger partial charge in [-0.25, -0.2) is 0 Å². The fourth-order valence-electron chi connectivity index (χ4n) is 1.25. The molecular formula is C13H14F2. The monoisotopic (exact) mass is 208 g/mol. The standard InChI is InChI=1S/C13H14F2/c1-2-3-5-10-12(13(14)15)11-8-6-4-7-9-11/h4-10H,2-3H2,1H3/b10-5+. The summed E-state index contributed by atoms with van der Waals surface area (Å²) in [6.07, 6.45) is 3.43. The van der Waals surface area contributed by atoms with Gasteiger partial charge in [-0.05, 0) is 12.0 Å². The summed E-state index contributed by atoms with van der Waals surface area (Å²) in [7, 11) is 0. The molecule has 0 nitrogen and oxygen atoms in total. The molecule has 0 amide bonds. The van der Waals surface area contributed by atoms with Crippen molar-refractivity contribution in [2.45, 2.75) is 19.8 Å². The van der Waals surface area contributed by atoms with Crippen molar-refractivity contribution in [3.8, 4) is 0 Å². The van der Waals surface area contributed by atoms with Crippen LogP contribution in [0.3, 0.4) is 0 Å². The molecule has 1 rings (SSSR count). The molecule has 0 unspecified atom stereocenters. The van der Waals surface area contributed by atoms with Crippen molar-refractivity contribution in [2.75, 3.05) is 0 Å². The predicted octanol–water partition coefficient (Wildman–Crippen LogP) is 4.65. The number of allylic oxidation sites excluding steroid dienone is 3. The van der Waals surface area contributed by atoms with Crippen LogP contribution in [-0.2, 0) is 0 Å². The summed E-state index contributed by atoms with van der Waals surface area (Å²) in [6, 6.07) is 8.69. The molecule has 0 N–H and O–H groups in total. The van der Waals surface area contributed by atoms with Crippen LogP contribution < -0.4 is 0 Å². The van der Waals surface area contributed by atoms with E-state index in [1.807, 2.05) is 13.0 Å². The lowest BCUT2D eigenvalue weighted by molar-refractivity contribution is 0.426. The zero-order chi connectivity index (χ0) is 11.1. The number of unbranched alkanes of at least 4 members (excludes halogenated alkanes) is 1. The molecule has 2 heteroatoms. The first-order valence-corrected chi connectivity index (χ1v) is 5.03. The molecule has 0 bridgehead atoms. The first kappa shape index (κ1) is 11.6. The quantitative estimate of drug-likeness (QED) is 0.632. The Labute approximate surface area is 88.9 Å². The fourth-order valence-corrected chi connectivity index (χ4v) is 1.25. The molecule has 0 spiro atoms. The number of halogens is 2. The van der Waals surface area contributed by atoms with E-state index in [0.29, 0.717) is 5.56 Å². The van der Waals surface area contributed by atoms with Crippen LogP contribution in [0.4, 0.5) is 8.78 Å². The maximum atomic E-state index is 12.6. The van der Waals surface area contributed by atoms with E-state index >= 15 is 0 Å². The summed E-state index contributed by atoms with van der Waals surface area (Å²) in [6.45, 7) is 2.02. The highest BCUT2D eigenvalue weighted by molar-refractivity contribution is 5.74. The Balaban J connectivity index is 2.91. The van der Waals surface area contributed by atoms with E-state index in [-0.39, 0.29) is 5.57 Å². The van der Waals surface area contributed by atoms with Crippen molar-refractivity contribution in [1.82, 2.24) is 0 Å². The predicted molar refractivity (Wildman–Crippen MR) is 59.6 cm³/mol. The highest BCUT2D eigenvalue weighted by Crippen LogP contribution is 2.22. The van der Waals surface area contributed by atoms with Gasteiger partial charge in [0, 0.05) is 5.57 Å². The van der Waals surface area contributed by atoms with E-state index in [4.69, 9.17) is 0 Å². The number of hydrogen-bond donors (Lipinski definition) is 0. The lowest BCUT2D eigenvalue weighted by Gasteiger charge is -2.00. The van der Waals surface area contributed by atoms with Crippen molar-refractivity contribution >= 4 is 5.57 Å². The van der Waals surface area contributed by atoms with Crippen LogP contribution in [0.2, 0.25) is 0 Å². The summed E-state index contributed by atoms with van der Waals surface area (Å²) in [5, 5.41) is 0. The van der Waals surface area contributed by atoms with Crippen LogP contribution in [-0.4, -0.2) is 0 Å². The Morgan fingerprint density at radius 2 is 1.87 bits per heavy atom. The lowest BCUT2D eigenvalue weighted by Crippen LogP contribution is -1.81. The summed E-state index contributed by atoms with van der Waals surface area (Å²) in [5.41, 5.74) is 0.578. The summed E-state index contributed by atoms with van der Waals surface area (Å²) >= 11 is 0. The third kappa shape index (κ3) is 3.66. The first-order chi connectivity index (χ1) is 7.25. The van der Waals surface area contributed by atoms with E-state index in [2.05, 4.69) is 0 Å². The van der Waals surface area contributed by atoms with Crippen LogP contribution in [0, 0.1) is 0 Å². The summed E-state index contributed by atoms with van der Waals surface area (Å²) < 4.78 is 25.3. The zero-order valence-corrected chi connectivity index (χ0v) is 8.71. The Bertz CT molecular complexity index is 346. The van der Waals surface area contributed by atoms with Gasteiger partial charge >= 0.3 is 0 Å². The van der Waals surface area contributed by atoms with Crippen molar-refractivity contribution in [3.05, 3.63) is 54.1 Å². The molecule has 0 atom stereocenters. The lowest BCUT2D eigenvalue weighted by atomic mass is 10.1. The van der Waals surface area contributed by atoms with Gasteiger partial charge in [0.05, 0.1) is 0 Å². The van der Waals surface area contributed by atoms with Crippen LogP contribution in [0.5, 0.6) is 0 Å². The van der Waals surface area contributed by atoms with Crippen LogP contribution in [0.1, 0.15) is 25.3 Å². The first-order valence-electron chi connectivity index (χ1n) is 5.03. The van der Waals surface area contributed by atoms with Crippen molar-refractivity contribution in [2.24, 2.45) is 0 Å². The average molecular weight is 208 g/mol. The summed E-state index contributed by atoms with van der Waals surface area (Å²) in [5.74, 6) is 0. The van der Waals surface area contributed by atoms with Gasteiger partial charge in [-0.1, -0.05) is 55.8 Å².